The molecule has 1 aliphatic rings. The number of hydrogen-bond donors (Lipinski definition) is 2. The Balaban J connectivity index is 1.52. The zero-order chi connectivity index (χ0) is 22.0. The monoisotopic (exact) mass is 425 g/mol. The molecule has 0 bridgehead atoms. The van der Waals surface area contributed by atoms with E-state index in [9.17, 15) is 18.0 Å². The molecule has 4 rings (SSSR count). The zero-order valence-corrected chi connectivity index (χ0v) is 16.9. The number of amides is 1. The quantitative estimate of drug-likeness (QED) is 0.623. The summed E-state index contributed by atoms with van der Waals surface area (Å²) < 4.78 is 41.3. The Labute approximate surface area is 178 Å². The molecule has 2 aromatic carbocycles. The summed E-state index contributed by atoms with van der Waals surface area (Å²) in [6.07, 6.45) is 2.11. The number of carbonyl (C=O) groups is 1. The summed E-state index contributed by atoms with van der Waals surface area (Å²) in [5.74, 6) is -3.00. The van der Waals surface area contributed by atoms with Crippen LogP contribution in [-0.2, 0) is 17.8 Å². The maximum atomic E-state index is 14.1. The average Bonchev–Trinajstić information content (AvgIpc) is 3.09. The molecule has 0 unspecified atom stereocenters. The van der Waals surface area contributed by atoms with E-state index in [4.69, 9.17) is 0 Å². The van der Waals surface area contributed by atoms with E-state index in [0.29, 0.717) is 12.1 Å². The molecule has 2 N–H and O–H groups in total. The van der Waals surface area contributed by atoms with E-state index < -0.39 is 23.4 Å². The van der Waals surface area contributed by atoms with E-state index in [1.54, 1.807) is 6.92 Å². The van der Waals surface area contributed by atoms with Gasteiger partial charge in [-0.2, -0.15) is 0 Å². The predicted octanol–water partition coefficient (Wildman–Crippen LogP) is 4.17. The van der Waals surface area contributed by atoms with Gasteiger partial charge in [0, 0.05) is 24.4 Å². The van der Waals surface area contributed by atoms with Crippen LogP contribution in [0, 0.1) is 17.5 Å². The summed E-state index contributed by atoms with van der Waals surface area (Å²) in [7, 11) is 0. The molecule has 1 aromatic heterocycles. The number of hydrogen-bond acceptors (Lipinski definition) is 3. The summed E-state index contributed by atoms with van der Waals surface area (Å²) in [6.45, 7) is 1.78. The number of benzene rings is 2. The number of carbonyl (C=O) groups excluding carboxylic acids is 1. The van der Waals surface area contributed by atoms with Gasteiger partial charge in [0.1, 0.15) is 17.5 Å². The lowest BCUT2D eigenvalue weighted by Crippen LogP contribution is -2.44. The maximum absolute atomic E-state index is 14.1. The molecule has 3 aromatic rings. The summed E-state index contributed by atoms with van der Waals surface area (Å²) in [5.41, 5.74) is 2.52. The number of nitrogens with zero attached hydrogens (tertiary/aromatic N) is 1. The molecule has 0 fully saturated rings. The average molecular weight is 425 g/mol. The van der Waals surface area contributed by atoms with E-state index in [2.05, 4.69) is 15.6 Å². The number of rotatable bonds is 6. The minimum absolute atomic E-state index is 0.134. The third kappa shape index (κ3) is 4.46. The van der Waals surface area contributed by atoms with Crippen molar-refractivity contribution in [1.29, 1.82) is 0 Å². The first kappa shape index (κ1) is 21.1. The lowest BCUT2D eigenvalue weighted by Gasteiger charge is -2.25. The topological polar surface area (TPSA) is 54.0 Å². The highest BCUT2D eigenvalue weighted by Crippen LogP contribution is 2.32. The van der Waals surface area contributed by atoms with Gasteiger partial charge in [-0.1, -0.05) is 30.3 Å². The van der Waals surface area contributed by atoms with Crippen molar-refractivity contribution in [2.45, 2.75) is 37.9 Å². The van der Waals surface area contributed by atoms with E-state index in [1.807, 2.05) is 24.3 Å². The number of nitrogens with one attached hydrogen (secondary N) is 2. The second kappa shape index (κ2) is 8.89. The van der Waals surface area contributed by atoms with Gasteiger partial charge in [0.15, 0.2) is 0 Å². The third-order valence-corrected chi connectivity index (χ3v) is 5.71. The van der Waals surface area contributed by atoms with E-state index >= 15 is 0 Å². The Morgan fingerprint density at radius 2 is 1.90 bits per heavy atom. The first-order chi connectivity index (χ1) is 14.9. The second-order valence-electron chi connectivity index (χ2n) is 7.70. The van der Waals surface area contributed by atoms with E-state index in [1.165, 1.54) is 24.4 Å². The van der Waals surface area contributed by atoms with Gasteiger partial charge < -0.3 is 10.6 Å². The minimum atomic E-state index is -0.793. The fraction of sp³-hybridized carbons (Fsp3) is 0.250. The fourth-order valence-corrected chi connectivity index (χ4v) is 4.04. The molecule has 4 nitrogen and oxygen atoms in total. The summed E-state index contributed by atoms with van der Waals surface area (Å²) in [6, 6.07) is 13.3. The Hall–Kier alpha value is -3.19. The Morgan fingerprint density at radius 1 is 1.10 bits per heavy atom. The van der Waals surface area contributed by atoms with Crippen LogP contribution in [0.2, 0.25) is 0 Å². The van der Waals surface area contributed by atoms with Gasteiger partial charge in [0.25, 0.3) is 0 Å². The van der Waals surface area contributed by atoms with Crippen molar-refractivity contribution in [3.63, 3.8) is 0 Å². The number of halogens is 3. The highest BCUT2D eigenvalue weighted by molar-refractivity contribution is 5.83. The molecule has 0 radical (unpaired) electrons. The second-order valence-corrected chi connectivity index (χ2v) is 7.70. The van der Waals surface area contributed by atoms with Gasteiger partial charge in [0.2, 0.25) is 5.91 Å². The first-order valence-corrected chi connectivity index (χ1v) is 10.1. The Kier molecular flexibility index (Phi) is 6.04. The molecule has 1 aliphatic carbocycles. The van der Waals surface area contributed by atoms with Gasteiger partial charge in [0.05, 0.1) is 23.7 Å². The predicted molar refractivity (Wildman–Crippen MR) is 111 cm³/mol. The Bertz CT molecular complexity index is 1100. The largest absolute Gasteiger partial charge is 0.351 e. The number of fused-ring (bicyclic) bond motifs is 1. The molecule has 0 saturated carbocycles. The molecular formula is C24H22F3N3O. The Morgan fingerprint density at radius 3 is 2.68 bits per heavy atom. The van der Waals surface area contributed by atoms with Crippen molar-refractivity contribution in [1.82, 2.24) is 15.6 Å². The van der Waals surface area contributed by atoms with Crippen molar-refractivity contribution in [2.75, 3.05) is 0 Å². The zero-order valence-electron chi connectivity index (χ0n) is 16.9. The lowest BCUT2D eigenvalue weighted by atomic mass is 9.98. The maximum Gasteiger partial charge on any atom is 0.227 e. The molecule has 3 atom stereocenters. The summed E-state index contributed by atoms with van der Waals surface area (Å²) in [5, 5.41) is 6.30. The normalized spacial score (nSPS) is 18.5. The number of pyridine rings is 1. The summed E-state index contributed by atoms with van der Waals surface area (Å²) in [4.78, 5) is 17.0. The molecular weight excluding hydrogens is 403 g/mol. The van der Waals surface area contributed by atoms with Crippen LogP contribution in [0.1, 0.15) is 41.3 Å². The molecule has 1 amide bonds. The minimum Gasteiger partial charge on any atom is -0.351 e. The van der Waals surface area contributed by atoms with Crippen LogP contribution in [0.15, 0.2) is 60.8 Å². The standard InChI is InChI=1S/C24H22F3N3O/c1-14(17-9-8-16(25)12-20(17)27)24(31)30-21-11-15-5-2-3-6-18(15)23(21)29-13-22-19(26)7-4-10-28-22/h2-10,12,14,21,23,29H,11,13H2,1H3,(H,30,31)/t14-,21-,23-/m0/s1. The van der Waals surface area contributed by atoms with Crippen LogP contribution in [0.3, 0.4) is 0 Å². The van der Waals surface area contributed by atoms with Crippen molar-refractivity contribution >= 4 is 5.91 Å². The molecule has 0 saturated heterocycles. The lowest BCUT2D eigenvalue weighted by molar-refractivity contribution is -0.123. The van der Waals surface area contributed by atoms with Gasteiger partial charge in [-0.05, 0) is 42.7 Å². The van der Waals surface area contributed by atoms with Crippen LogP contribution in [0.5, 0.6) is 0 Å². The van der Waals surface area contributed by atoms with Crippen LogP contribution in [0.25, 0.3) is 0 Å². The van der Waals surface area contributed by atoms with Crippen LogP contribution < -0.4 is 10.6 Å². The van der Waals surface area contributed by atoms with Gasteiger partial charge in [-0.15, -0.1) is 0 Å². The third-order valence-electron chi connectivity index (χ3n) is 5.71. The highest BCUT2D eigenvalue weighted by Gasteiger charge is 2.34. The molecule has 7 heteroatoms. The van der Waals surface area contributed by atoms with Crippen LogP contribution >= 0.6 is 0 Å². The molecule has 1 heterocycles. The van der Waals surface area contributed by atoms with E-state index in [0.717, 1.165) is 23.3 Å². The molecule has 0 aliphatic heterocycles. The first-order valence-electron chi connectivity index (χ1n) is 10.1. The van der Waals surface area contributed by atoms with E-state index in [-0.39, 0.29) is 30.1 Å². The molecule has 160 valence electrons. The molecule has 31 heavy (non-hydrogen) atoms. The van der Waals surface area contributed by atoms with Crippen molar-refractivity contribution in [2.24, 2.45) is 0 Å². The smallest absolute Gasteiger partial charge is 0.227 e. The van der Waals surface area contributed by atoms with Crippen molar-refractivity contribution in [3.05, 3.63) is 101 Å². The fourth-order valence-electron chi connectivity index (χ4n) is 4.04. The van der Waals surface area contributed by atoms with Gasteiger partial charge in [-0.25, -0.2) is 13.2 Å². The van der Waals surface area contributed by atoms with Gasteiger partial charge in [-0.3, -0.25) is 9.78 Å². The van der Waals surface area contributed by atoms with Gasteiger partial charge >= 0.3 is 0 Å². The highest BCUT2D eigenvalue weighted by atomic mass is 19.1. The van der Waals surface area contributed by atoms with Crippen LogP contribution in [-0.4, -0.2) is 16.9 Å². The van der Waals surface area contributed by atoms with Crippen molar-refractivity contribution in [3.8, 4) is 0 Å². The molecule has 0 spiro atoms. The van der Waals surface area contributed by atoms with Crippen molar-refractivity contribution < 1.29 is 18.0 Å². The SMILES string of the molecule is C[C@H](C(=O)N[C@H]1Cc2ccccc2[C@@H]1NCc1ncccc1F)c1ccc(F)cc1F. The van der Waals surface area contributed by atoms with Crippen LogP contribution in [0.4, 0.5) is 13.2 Å². The number of aromatic nitrogens is 1. The summed E-state index contributed by atoms with van der Waals surface area (Å²) >= 11 is 0.